The summed E-state index contributed by atoms with van der Waals surface area (Å²) in [4.78, 5) is 12.3. The van der Waals surface area contributed by atoms with Gasteiger partial charge in [-0.15, -0.1) is 0 Å². The largest absolute Gasteiger partial charge is 0.353 e. The van der Waals surface area contributed by atoms with Crippen LogP contribution < -0.4 is 0 Å². The van der Waals surface area contributed by atoms with Crippen molar-refractivity contribution in [2.75, 3.05) is 32.6 Å². The first kappa shape index (κ1) is 23.4. The van der Waals surface area contributed by atoms with Crippen molar-refractivity contribution >= 4 is 38.0 Å². The van der Waals surface area contributed by atoms with Crippen LogP contribution in [-0.4, -0.2) is 52.1 Å². The maximum atomic E-state index is 13.6. The van der Waals surface area contributed by atoms with Gasteiger partial charge in [-0.3, -0.25) is 13.7 Å². The summed E-state index contributed by atoms with van der Waals surface area (Å²) in [5.41, 5.74) is 0.626. The van der Waals surface area contributed by atoms with Gasteiger partial charge in [0.1, 0.15) is 17.6 Å². The smallest absolute Gasteiger partial charge is 0.309 e. The Balaban J connectivity index is 2.62. The third-order valence-electron chi connectivity index (χ3n) is 3.66. The van der Waals surface area contributed by atoms with Crippen LogP contribution in [0.3, 0.4) is 0 Å². The molecule has 0 saturated heterocycles. The Hall–Kier alpha value is -0.860. The Morgan fingerprint density at radius 3 is 2.07 bits per heavy atom. The quantitative estimate of drug-likeness (QED) is 0.337. The van der Waals surface area contributed by atoms with Crippen LogP contribution in [-0.2, 0) is 27.2 Å². The van der Waals surface area contributed by atoms with Gasteiger partial charge in [0.05, 0.1) is 38.9 Å². The number of halogens is 1. The van der Waals surface area contributed by atoms with Crippen molar-refractivity contribution in [3.8, 4) is 0 Å². The first-order valence-corrected chi connectivity index (χ1v) is 12.7. The fourth-order valence-electron chi connectivity index (χ4n) is 2.69. The summed E-state index contributed by atoms with van der Waals surface area (Å²) in [7, 11) is -7.40. The first-order chi connectivity index (χ1) is 13.3. The highest BCUT2D eigenvalue weighted by molar-refractivity contribution is 7.58. The lowest BCUT2D eigenvalue weighted by molar-refractivity contribution is 0.196. The minimum Gasteiger partial charge on any atom is -0.309 e. The van der Waals surface area contributed by atoms with Gasteiger partial charge < -0.3 is 18.1 Å². The number of fused-ring (bicyclic) bond motifs is 1. The van der Waals surface area contributed by atoms with Crippen LogP contribution in [0.4, 0.5) is 0 Å². The fraction of sp³-hybridized carbons (Fsp3) is 0.667. The molecule has 1 atom stereocenters. The van der Waals surface area contributed by atoms with Gasteiger partial charge in [-0.1, -0.05) is 11.6 Å². The summed E-state index contributed by atoms with van der Waals surface area (Å²) in [5.74, 6) is -1.05. The second-order valence-electron chi connectivity index (χ2n) is 5.47. The topological polar surface area (TPSA) is 115 Å². The standard InChI is InChI=1S/C15H25ClN4O6P2/c1-5-23-27(21,24-6-2)9-12(28(22,25-7-3)26-8-4)20-11-19-13-14(16)17-10-18-15(13)20/h10-12H,5-9H2,1-4H3. The molecule has 0 aliphatic carbocycles. The molecule has 0 radical (unpaired) electrons. The lowest BCUT2D eigenvalue weighted by atomic mass is 10.5. The summed E-state index contributed by atoms with van der Waals surface area (Å²) in [5, 5.41) is 0.142. The molecule has 0 bridgehead atoms. The predicted octanol–water partition coefficient (Wildman–Crippen LogP) is 4.51. The van der Waals surface area contributed by atoms with E-state index < -0.39 is 21.0 Å². The molecular formula is C15H25ClN4O6P2. The van der Waals surface area contributed by atoms with Gasteiger partial charge in [-0.25, -0.2) is 15.0 Å². The lowest BCUT2D eigenvalue weighted by Crippen LogP contribution is -2.19. The Labute approximate surface area is 169 Å². The van der Waals surface area contributed by atoms with Gasteiger partial charge in [0.25, 0.3) is 0 Å². The van der Waals surface area contributed by atoms with Crippen LogP contribution in [0.1, 0.15) is 33.5 Å². The molecule has 10 nitrogen and oxygen atoms in total. The van der Waals surface area contributed by atoms with E-state index in [1.54, 1.807) is 27.7 Å². The van der Waals surface area contributed by atoms with Gasteiger partial charge >= 0.3 is 15.2 Å². The van der Waals surface area contributed by atoms with E-state index >= 15 is 0 Å². The van der Waals surface area contributed by atoms with Crippen LogP contribution in [0.25, 0.3) is 11.2 Å². The van der Waals surface area contributed by atoms with E-state index in [1.165, 1.54) is 17.2 Å². The van der Waals surface area contributed by atoms with Crippen molar-refractivity contribution in [1.82, 2.24) is 19.5 Å². The van der Waals surface area contributed by atoms with E-state index in [0.29, 0.717) is 11.2 Å². The van der Waals surface area contributed by atoms with Crippen molar-refractivity contribution in [3.63, 3.8) is 0 Å². The third kappa shape index (κ3) is 5.19. The number of rotatable bonds is 12. The van der Waals surface area contributed by atoms with Crippen molar-refractivity contribution in [2.45, 2.75) is 33.5 Å². The van der Waals surface area contributed by atoms with Gasteiger partial charge in [-0.05, 0) is 27.7 Å². The summed E-state index contributed by atoms with van der Waals surface area (Å²) in [6, 6.07) is 0. The second kappa shape index (κ2) is 10.3. The Morgan fingerprint density at radius 2 is 1.54 bits per heavy atom. The molecule has 2 aromatic rings. The van der Waals surface area contributed by atoms with E-state index in [4.69, 9.17) is 29.7 Å². The van der Waals surface area contributed by atoms with Gasteiger partial charge in [0, 0.05) is 0 Å². The lowest BCUT2D eigenvalue weighted by Gasteiger charge is -2.29. The molecule has 0 fully saturated rings. The third-order valence-corrected chi connectivity index (χ3v) is 8.72. The van der Waals surface area contributed by atoms with E-state index in [2.05, 4.69) is 15.0 Å². The van der Waals surface area contributed by atoms with Crippen LogP contribution in [0.15, 0.2) is 12.7 Å². The molecule has 0 N–H and O–H groups in total. The second-order valence-corrected chi connectivity index (χ2v) is 10.1. The van der Waals surface area contributed by atoms with Gasteiger partial charge in [0.2, 0.25) is 0 Å². The summed E-state index contributed by atoms with van der Waals surface area (Å²) in [6.07, 6.45) is 2.40. The average molecular weight is 455 g/mol. The van der Waals surface area contributed by atoms with Gasteiger partial charge in [-0.2, -0.15) is 0 Å². The highest BCUT2D eigenvalue weighted by Gasteiger charge is 2.44. The average Bonchev–Trinajstić information content (AvgIpc) is 3.06. The summed E-state index contributed by atoms with van der Waals surface area (Å²) in [6.45, 7) is 7.37. The number of hydrogen-bond acceptors (Lipinski definition) is 9. The molecular weight excluding hydrogens is 430 g/mol. The van der Waals surface area contributed by atoms with Gasteiger partial charge in [0.15, 0.2) is 10.8 Å². The van der Waals surface area contributed by atoms with Crippen molar-refractivity contribution in [1.29, 1.82) is 0 Å². The molecule has 2 aromatic heterocycles. The minimum absolute atomic E-state index is 0.129. The fourth-order valence-corrected chi connectivity index (χ4v) is 7.52. The van der Waals surface area contributed by atoms with Crippen LogP contribution in [0.2, 0.25) is 5.15 Å². The molecule has 28 heavy (non-hydrogen) atoms. The molecule has 0 aliphatic heterocycles. The Bertz CT molecular complexity index is 859. The molecule has 0 aromatic carbocycles. The van der Waals surface area contributed by atoms with E-state index in [1.807, 2.05) is 0 Å². The molecule has 158 valence electrons. The zero-order valence-electron chi connectivity index (χ0n) is 16.3. The molecule has 0 amide bonds. The number of hydrogen-bond donors (Lipinski definition) is 0. The van der Waals surface area contributed by atoms with E-state index in [-0.39, 0.29) is 37.7 Å². The summed E-state index contributed by atoms with van der Waals surface area (Å²) >= 11 is 6.08. The highest BCUT2D eigenvalue weighted by atomic mass is 35.5. The molecule has 2 heterocycles. The molecule has 2 rings (SSSR count). The molecule has 13 heteroatoms. The monoisotopic (exact) mass is 454 g/mol. The van der Waals surface area contributed by atoms with Crippen molar-refractivity contribution in [2.24, 2.45) is 0 Å². The van der Waals surface area contributed by atoms with E-state index in [0.717, 1.165) is 0 Å². The Kier molecular flexibility index (Phi) is 8.58. The first-order valence-electron chi connectivity index (χ1n) is 8.94. The maximum absolute atomic E-state index is 13.6. The molecule has 1 unspecified atom stereocenters. The predicted molar refractivity (Wildman–Crippen MR) is 106 cm³/mol. The SMILES string of the molecule is CCOP(=O)(CC(n1cnc2c(Cl)ncnc21)P(=O)(OCC)OCC)OCC. The molecule has 0 saturated carbocycles. The van der Waals surface area contributed by atoms with Crippen LogP contribution >= 0.6 is 26.8 Å². The van der Waals surface area contributed by atoms with Crippen molar-refractivity contribution in [3.05, 3.63) is 17.8 Å². The number of aromatic nitrogens is 4. The van der Waals surface area contributed by atoms with Crippen LogP contribution in [0.5, 0.6) is 0 Å². The zero-order chi connectivity index (χ0) is 20.8. The number of nitrogens with zero attached hydrogens (tertiary/aromatic N) is 4. The van der Waals surface area contributed by atoms with Crippen molar-refractivity contribution < 1.29 is 27.2 Å². The van der Waals surface area contributed by atoms with Crippen LogP contribution in [0, 0.1) is 0 Å². The highest BCUT2D eigenvalue weighted by Crippen LogP contribution is 2.65. The maximum Gasteiger partial charge on any atom is 0.353 e. The Morgan fingerprint density at radius 1 is 0.964 bits per heavy atom. The van der Waals surface area contributed by atoms with E-state index in [9.17, 15) is 9.13 Å². The minimum atomic E-state index is -3.79. The number of imidazole rings is 1. The summed E-state index contributed by atoms with van der Waals surface area (Å²) < 4.78 is 50.1. The molecule has 0 spiro atoms. The molecule has 0 aliphatic rings. The normalized spacial score (nSPS) is 13.9. The zero-order valence-corrected chi connectivity index (χ0v) is 18.8.